The van der Waals surface area contributed by atoms with Crippen molar-refractivity contribution in [3.63, 3.8) is 0 Å². The molecule has 1 fully saturated rings. The van der Waals surface area contributed by atoms with Gasteiger partial charge in [0.25, 0.3) is 0 Å². The second-order valence-corrected chi connectivity index (χ2v) is 7.23. The predicted octanol–water partition coefficient (Wildman–Crippen LogP) is 2.82. The lowest BCUT2D eigenvalue weighted by Crippen LogP contribution is -2.39. The van der Waals surface area contributed by atoms with Gasteiger partial charge in [0.05, 0.1) is 19.2 Å². The van der Waals surface area contributed by atoms with Crippen molar-refractivity contribution >= 4 is 28.2 Å². The van der Waals surface area contributed by atoms with Gasteiger partial charge in [-0.25, -0.2) is 4.79 Å². The molecule has 22 heavy (non-hydrogen) atoms. The summed E-state index contributed by atoms with van der Waals surface area (Å²) in [7, 11) is 1.36. The summed E-state index contributed by atoms with van der Waals surface area (Å²) >= 11 is 1.42. The Balaban J connectivity index is 2.05. The smallest absolute Gasteiger partial charge is 0.341 e. The van der Waals surface area contributed by atoms with Crippen LogP contribution in [0.4, 0.5) is 5.00 Å². The van der Waals surface area contributed by atoms with E-state index in [0.29, 0.717) is 23.0 Å². The molecule has 0 radical (unpaired) electrons. The molecule has 122 valence electrons. The number of carbonyl (C=O) groups is 2. The Labute approximate surface area is 135 Å². The van der Waals surface area contributed by atoms with Crippen molar-refractivity contribution in [3.8, 4) is 0 Å². The van der Waals surface area contributed by atoms with Crippen LogP contribution in [-0.2, 0) is 9.53 Å². The molecule has 0 saturated carbocycles. The molecule has 1 saturated heterocycles. The minimum Gasteiger partial charge on any atom is -0.465 e. The summed E-state index contributed by atoms with van der Waals surface area (Å²) in [6, 6.07) is 0. The van der Waals surface area contributed by atoms with Gasteiger partial charge in [-0.15, -0.1) is 11.3 Å². The van der Waals surface area contributed by atoms with Gasteiger partial charge in [-0.1, -0.05) is 6.92 Å². The number of amides is 1. The largest absolute Gasteiger partial charge is 0.465 e. The zero-order valence-electron chi connectivity index (χ0n) is 13.7. The molecule has 0 spiro atoms. The van der Waals surface area contributed by atoms with Crippen molar-refractivity contribution in [3.05, 3.63) is 16.0 Å². The number of ether oxygens (including phenoxy) is 1. The Morgan fingerprint density at radius 2 is 2.14 bits per heavy atom. The fraction of sp³-hybridized carbons (Fsp3) is 0.625. The summed E-state index contributed by atoms with van der Waals surface area (Å²) in [5.74, 6) is 0.169. The van der Waals surface area contributed by atoms with E-state index in [1.807, 2.05) is 13.8 Å². The zero-order valence-corrected chi connectivity index (χ0v) is 14.5. The number of carbonyl (C=O) groups excluding carboxylic acids is 2. The fourth-order valence-corrected chi connectivity index (χ4v) is 3.93. The standard InChI is InChI=1S/C16H24N2O3S/c1-10-6-5-7-18(8-10)9-13(19)17-15-14(16(20)21-4)11(2)12(3)22-15/h10H,5-9H2,1-4H3,(H,17,19)/t10-/m0/s1. The van der Waals surface area contributed by atoms with Crippen LogP contribution in [0.25, 0.3) is 0 Å². The molecule has 1 aromatic heterocycles. The Morgan fingerprint density at radius 3 is 2.77 bits per heavy atom. The Morgan fingerprint density at radius 1 is 1.41 bits per heavy atom. The van der Waals surface area contributed by atoms with Gasteiger partial charge in [0.15, 0.2) is 0 Å². The first-order valence-electron chi connectivity index (χ1n) is 7.62. The summed E-state index contributed by atoms with van der Waals surface area (Å²) in [6.45, 7) is 8.32. The van der Waals surface area contributed by atoms with Crippen molar-refractivity contribution < 1.29 is 14.3 Å². The maximum absolute atomic E-state index is 12.3. The van der Waals surface area contributed by atoms with Gasteiger partial charge in [-0.3, -0.25) is 9.69 Å². The lowest BCUT2D eigenvalue weighted by Gasteiger charge is -2.30. The van der Waals surface area contributed by atoms with E-state index in [4.69, 9.17) is 4.74 Å². The first-order valence-corrected chi connectivity index (χ1v) is 8.44. The second kappa shape index (κ2) is 7.24. The molecular weight excluding hydrogens is 300 g/mol. The van der Waals surface area contributed by atoms with E-state index in [1.54, 1.807) is 0 Å². The molecule has 0 unspecified atom stereocenters. The molecule has 2 heterocycles. The minimum atomic E-state index is -0.399. The number of esters is 1. The molecule has 5 nitrogen and oxygen atoms in total. The van der Waals surface area contributed by atoms with Crippen molar-refractivity contribution in [2.45, 2.75) is 33.6 Å². The highest BCUT2D eigenvalue weighted by molar-refractivity contribution is 7.16. The minimum absolute atomic E-state index is 0.0690. The third kappa shape index (κ3) is 3.87. The van der Waals surface area contributed by atoms with Gasteiger partial charge in [-0.05, 0) is 44.7 Å². The Kier molecular flexibility index (Phi) is 5.58. The molecule has 0 aliphatic carbocycles. The summed E-state index contributed by atoms with van der Waals surface area (Å²) in [4.78, 5) is 27.4. The van der Waals surface area contributed by atoms with Crippen LogP contribution in [0.5, 0.6) is 0 Å². The van der Waals surface area contributed by atoms with E-state index in [-0.39, 0.29) is 5.91 Å². The van der Waals surface area contributed by atoms with E-state index in [2.05, 4.69) is 17.1 Å². The molecule has 0 bridgehead atoms. The van der Waals surface area contributed by atoms with Crippen LogP contribution in [-0.4, -0.2) is 43.5 Å². The number of nitrogens with zero attached hydrogens (tertiary/aromatic N) is 1. The number of methoxy groups -OCH3 is 1. The van der Waals surface area contributed by atoms with Crippen molar-refractivity contribution in [1.82, 2.24) is 4.90 Å². The number of thiophene rings is 1. The average molecular weight is 324 g/mol. The number of anilines is 1. The van der Waals surface area contributed by atoms with Gasteiger partial charge in [0.1, 0.15) is 5.00 Å². The zero-order chi connectivity index (χ0) is 16.3. The van der Waals surface area contributed by atoms with E-state index in [1.165, 1.54) is 24.9 Å². The SMILES string of the molecule is COC(=O)c1c(NC(=O)CN2CCC[C@H](C)C2)sc(C)c1C. The van der Waals surface area contributed by atoms with Gasteiger partial charge in [0.2, 0.25) is 5.91 Å². The lowest BCUT2D eigenvalue weighted by atomic mass is 10.0. The normalized spacial score (nSPS) is 19.0. The highest BCUT2D eigenvalue weighted by Gasteiger charge is 2.23. The summed E-state index contributed by atoms with van der Waals surface area (Å²) in [6.07, 6.45) is 2.37. The van der Waals surface area contributed by atoms with E-state index >= 15 is 0 Å². The maximum Gasteiger partial charge on any atom is 0.341 e. The number of aryl methyl sites for hydroxylation is 1. The summed E-state index contributed by atoms with van der Waals surface area (Å²) in [5.41, 5.74) is 1.35. The Hall–Kier alpha value is -1.40. The van der Waals surface area contributed by atoms with Crippen molar-refractivity contribution in [2.24, 2.45) is 5.92 Å². The van der Waals surface area contributed by atoms with Gasteiger partial charge in [0, 0.05) is 11.4 Å². The quantitative estimate of drug-likeness (QED) is 0.865. The van der Waals surface area contributed by atoms with E-state index in [0.717, 1.165) is 30.0 Å². The molecule has 0 aromatic carbocycles. The van der Waals surface area contributed by atoms with Crippen LogP contribution in [0.3, 0.4) is 0 Å². The molecule has 1 aliphatic heterocycles. The predicted molar refractivity (Wildman–Crippen MR) is 88.6 cm³/mol. The van der Waals surface area contributed by atoms with Crippen LogP contribution in [0.1, 0.15) is 40.6 Å². The van der Waals surface area contributed by atoms with Crippen molar-refractivity contribution in [1.29, 1.82) is 0 Å². The topological polar surface area (TPSA) is 58.6 Å². The summed E-state index contributed by atoms with van der Waals surface area (Å²) < 4.78 is 4.82. The second-order valence-electron chi connectivity index (χ2n) is 6.01. The highest BCUT2D eigenvalue weighted by atomic mass is 32.1. The number of piperidine rings is 1. The first-order chi connectivity index (χ1) is 10.4. The third-order valence-corrected chi connectivity index (χ3v) is 5.26. The molecule has 1 aromatic rings. The van der Waals surface area contributed by atoms with E-state index in [9.17, 15) is 9.59 Å². The molecule has 2 rings (SSSR count). The Bertz CT molecular complexity index is 568. The van der Waals surface area contributed by atoms with Gasteiger partial charge in [-0.2, -0.15) is 0 Å². The first kappa shape index (κ1) is 17.0. The van der Waals surface area contributed by atoms with Gasteiger partial charge >= 0.3 is 5.97 Å². The number of rotatable bonds is 4. The number of hydrogen-bond donors (Lipinski definition) is 1. The lowest BCUT2D eigenvalue weighted by molar-refractivity contribution is -0.117. The number of likely N-dealkylation sites (tertiary alicyclic amines) is 1. The fourth-order valence-electron chi connectivity index (χ4n) is 2.86. The molecule has 1 aliphatic rings. The monoisotopic (exact) mass is 324 g/mol. The average Bonchev–Trinajstić information content (AvgIpc) is 2.72. The molecule has 1 N–H and O–H groups in total. The third-order valence-electron chi connectivity index (χ3n) is 4.14. The summed E-state index contributed by atoms with van der Waals surface area (Å²) in [5, 5.41) is 3.48. The highest BCUT2D eigenvalue weighted by Crippen LogP contribution is 2.32. The van der Waals surface area contributed by atoms with E-state index < -0.39 is 5.97 Å². The molecule has 1 atom stereocenters. The van der Waals surface area contributed by atoms with Crippen LogP contribution in [0.2, 0.25) is 0 Å². The van der Waals surface area contributed by atoms with Crippen molar-refractivity contribution in [2.75, 3.05) is 32.1 Å². The van der Waals surface area contributed by atoms with Crippen LogP contribution >= 0.6 is 11.3 Å². The van der Waals surface area contributed by atoms with Gasteiger partial charge < -0.3 is 10.1 Å². The van der Waals surface area contributed by atoms with Crippen LogP contribution < -0.4 is 5.32 Å². The van der Waals surface area contributed by atoms with Crippen LogP contribution in [0, 0.1) is 19.8 Å². The molecule has 6 heteroatoms. The number of hydrogen-bond acceptors (Lipinski definition) is 5. The molecular formula is C16H24N2O3S. The van der Waals surface area contributed by atoms with Crippen LogP contribution in [0.15, 0.2) is 0 Å². The molecule has 1 amide bonds. The maximum atomic E-state index is 12.3. The number of nitrogens with one attached hydrogen (secondary N) is 1.